The quantitative estimate of drug-likeness (QED) is 0.467. The van der Waals surface area contributed by atoms with Gasteiger partial charge in [0.2, 0.25) is 0 Å². The molecule has 128 valence electrons. The standard InChI is InChI=1S/C17H15BrN4O2S/c1-2-24-12-5-3-11(4-6-12)10-19-22-17(23)14-9-13(20-21-14)15-7-8-16(18)25-15/h3-10H,2H2,1H3,(H,20,21)(H,22,23)/b19-10-. The normalized spacial score (nSPS) is 11.0. The summed E-state index contributed by atoms with van der Waals surface area (Å²) < 4.78 is 6.39. The van der Waals surface area contributed by atoms with Crippen molar-refractivity contribution in [1.82, 2.24) is 15.6 Å². The minimum absolute atomic E-state index is 0.281. The van der Waals surface area contributed by atoms with Crippen LogP contribution in [0.25, 0.3) is 10.6 Å². The molecule has 0 aliphatic heterocycles. The number of halogens is 1. The Kier molecular flexibility index (Phi) is 5.62. The van der Waals surface area contributed by atoms with E-state index in [-0.39, 0.29) is 11.6 Å². The predicted octanol–water partition coefficient (Wildman–Crippen LogP) is 4.06. The number of hydrogen-bond acceptors (Lipinski definition) is 5. The number of rotatable bonds is 6. The molecule has 1 aromatic carbocycles. The number of nitrogens with one attached hydrogen (secondary N) is 2. The summed E-state index contributed by atoms with van der Waals surface area (Å²) in [5, 5.41) is 10.8. The highest BCUT2D eigenvalue weighted by Crippen LogP contribution is 2.30. The summed E-state index contributed by atoms with van der Waals surface area (Å²) >= 11 is 4.97. The highest BCUT2D eigenvalue weighted by molar-refractivity contribution is 9.11. The van der Waals surface area contributed by atoms with Gasteiger partial charge in [-0.25, -0.2) is 5.43 Å². The van der Waals surface area contributed by atoms with Crippen molar-refractivity contribution in [2.45, 2.75) is 6.92 Å². The summed E-state index contributed by atoms with van der Waals surface area (Å²) in [6.07, 6.45) is 1.57. The molecule has 0 saturated heterocycles. The number of aromatic amines is 1. The van der Waals surface area contributed by atoms with Crippen LogP contribution >= 0.6 is 27.3 Å². The zero-order chi connectivity index (χ0) is 17.6. The van der Waals surface area contributed by atoms with Crippen LogP contribution in [0.2, 0.25) is 0 Å². The number of H-pyrrole nitrogens is 1. The molecule has 2 heterocycles. The topological polar surface area (TPSA) is 79.4 Å². The Hall–Kier alpha value is -2.45. The van der Waals surface area contributed by atoms with E-state index in [0.717, 1.165) is 25.7 Å². The van der Waals surface area contributed by atoms with Crippen LogP contribution in [0, 0.1) is 0 Å². The lowest BCUT2D eigenvalue weighted by Gasteiger charge is -2.02. The summed E-state index contributed by atoms with van der Waals surface area (Å²) in [7, 11) is 0. The van der Waals surface area contributed by atoms with Crippen molar-refractivity contribution in [3.8, 4) is 16.3 Å². The average Bonchev–Trinajstić information content (AvgIpc) is 3.25. The fourth-order valence-electron chi connectivity index (χ4n) is 2.06. The van der Waals surface area contributed by atoms with Gasteiger partial charge in [-0.2, -0.15) is 10.2 Å². The van der Waals surface area contributed by atoms with Crippen LogP contribution in [0.5, 0.6) is 5.75 Å². The van der Waals surface area contributed by atoms with Gasteiger partial charge in [-0.3, -0.25) is 9.89 Å². The third-order valence-corrected chi connectivity index (χ3v) is 4.88. The van der Waals surface area contributed by atoms with E-state index in [9.17, 15) is 4.79 Å². The Labute approximate surface area is 157 Å². The number of benzene rings is 1. The zero-order valence-electron chi connectivity index (χ0n) is 13.3. The highest BCUT2D eigenvalue weighted by atomic mass is 79.9. The van der Waals surface area contributed by atoms with E-state index in [1.165, 1.54) is 0 Å². The SMILES string of the molecule is CCOc1ccc(/C=N\NC(=O)c2cc(-c3ccc(Br)s3)[nH]n2)cc1. The molecule has 3 rings (SSSR count). The van der Waals surface area contributed by atoms with Crippen molar-refractivity contribution in [2.75, 3.05) is 6.61 Å². The molecule has 0 fully saturated rings. The Bertz CT molecular complexity index is 886. The van der Waals surface area contributed by atoms with Gasteiger partial charge in [0.15, 0.2) is 5.69 Å². The van der Waals surface area contributed by atoms with Crippen LogP contribution in [-0.4, -0.2) is 28.9 Å². The van der Waals surface area contributed by atoms with Crippen LogP contribution in [0.4, 0.5) is 0 Å². The Morgan fingerprint density at radius 1 is 1.36 bits per heavy atom. The van der Waals surface area contributed by atoms with Crippen molar-refractivity contribution in [3.63, 3.8) is 0 Å². The molecule has 0 unspecified atom stereocenters. The maximum atomic E-state index is 12.1. The van der Waals surface area contributed by atoms with E-state index in [4.69, 9.17) is 4.74 Å². The van der Waals surface area contributed by atoms with Crippen LogP contribution in [-0.2, 0) is 0 Å². The van der Waals surface area contributed by atoms with Crippen molar-refractivity contribution in [2.24, 2.45) is 5.10 Å². The third kappa shape index (κ3) is 4.55. The van der Waals surface area contributed by atoms with Crippen molar-refractivity contribution >= 4 is 39.4 Å². The molecule has 0 radical (unpaired) electrons. The minimum atomic E-state index is -0.375. The van der Waals surface area contributed by atoms with Crippen LogP contribution in [0.1, 0.15) is 23.0 Å². The van der Waals surface area contributed by atoms with Crippen LogP contribution in [0.15, 0.2) is 51.4 Å². The summed E-state index contributed by atoms with van der Waals surface area (Å²) in [4.78, 5) is 13.1. The number of ether oxygens (including phenoxy) is 1. The molecule has 8 heteroatoms. The first kappa shape index (κ1) is 17.4. The Morgan fingerprint density at radius 2 is 2.16 bits per heavy atom. The summed E-state index contributed by atoms with van der Waals surface area (Å²) in [5.41, 5.74) is 4.39. The Balaban J connectivity index is 1.59. The molecule has 2 aromatic heterocycles. The molecule has 3 aromatic rings. The Morgan fingerprint density at radius 3 is 2.84 bits per heavy atom. The fourth-order valence-corrected chi connectivity index (χ4v) is 3.41. The first-order valence-corrected chi connectivity index (χ1v) is 9.14. The molecular formula is C17H15BrN4O2S. The van der Waals surface area contributed by atoms with Gasteiger partial charge in [-0.1, -0.05) is 0 Å². The molecule has 0 aliphatic rings. The van der Waals surface area contributed by atoms with E-state index in [1.807, 2.05) is 43.3 Å². The molecule has 0 saturated carbocycles. The maximum absolute atomic E-state index is 12.1. The third-order valence-electron chi connectivity index (χ3n) is 3.22. The van der Waals surface area contributed by atoms with E-state index in [1.54, 1.807) is 23.6 Å². The van der Waals surface area contributed by atoms with E-state index < -0.39 is 0 Å². The number of aromatic nitrogens is 2. The van der Waals surface area contributed by atoms with E-state index in [0.29, 0.717) is 6.61 Å². The zero-order valence-corrected chi connectivity index (χ0v) is 15.7. The molecular weight excluding hydrogens is 404 g/mol. The monoisotopic (exact) mass is 418 g/mol. The second-order valence-corrected chi connectivity index (χ2v) is 7.43. The average molecular weight is 419 g/mol. The summed E-state index contributed by atoms with van der Waals surface area (Å²) in [6, 6.07) is 13.0. The molecule has 0 atom stereocenters. The number of carbonyl (C=O) groups is 1. The minimum Gasteiger partial charge on any atom is -0.494 e. The first-order chi connectivity index (χ1) is 12.2. The van der Waals surface area contributed by atoms with Gasteiger partial charge >= 0.3 is 0 Å². The smallest absolute Gasteiger partial charge is 0.291 e. The van der Waals surface area contributed by atoms with Crippen molar-refractivity contribution < 1.29 is 9.53 Å². The van der Waals surface area contributed by atoms with Gasteiger partial charge in [0.05, 0.1) is 27.2 Å². The number of nitrogens with zero attached hydrogens (tertiary/aromatic N) is 2. The fraction of sp³-hybridized carbons (Fsp3) is 0.118. The van der Waals surface area contributed by atoms with Crippen LogP contribution in [0.3, 0.4) is 0 Å². The van der Waals surface area contributed by atoms with Crippen molar-refractivity contribution in [1.29, 1.82) is 0 Å². The number of hydrazone groups is 1. The molecule has 0 aliphatic carbocycles. The van der Waals surface area contributed by atoms with Gasteiger partial charge in [0.1, 0.15) is 5.75 Å². The van der Waals surface area contributed by atoms with Gasteiger partial charge in [0, 0.05) is 0 Å². The lowest BCUT2D eigenvalue weighted by molar-refractivity contribution is 0.0950. The van der Waals surface area contributed by atoms with Crippen LogP contribution < -0.4 is 10.2 Å². The number of hydrogen-bond donors (Lipinski definition) is 2. The second-order valence-electron chi connectivity index (χ2n) is 4.97. The molecule has 0 spiro atoms. The highest BCUT2D eigenvalue weighted by Gasteiger charge is 2.11. The second kappa shape index (κ2) is 8.09. The lowest BCUT2D eigenvalue weighted by atomic mass is 10.2. The number of carbonyl (C=O) groups excluding carboxylic acids is 1. The summed E-state index contributed by atoms with van der Waals surface area (Å²) in [5.74, 6) is 0.424. The number of thiophene rings is 1. The largest absolute Gasteiger partial charge is 0.494 e. The van der Waals surface area contributed by atoms with Gasteiger partial charge in [-0.05, 0) is 70.9 Å². The molecule has 25 heavy (non-hydrogen) atoms. The van der Waals surface area contributed by atoms with Gasteiger partial charge < -0.3 is 4.74 Å². The first-order valence-electron chi connectivity index (χ1n) is 7.53. The van der Waals surface area contributed by atoms with Crippen molar-refractivity contribution in [3.05, 3.63) is 57.5 Å². The van der Waals surface area contributed by atoms with E-state index >= 15 is 0 Å². The summed E-state index contributed by atoms with van der Waals surface area (Å²) in [6.45, 7) is 2.56. The molecule has 2 N–H and O–H groups in total. The molecule has 1 amide bonds. The van der Waals surface area contributed by atoms with E-state index in [2.05, 4.69) is 36.7 Å². The van der Waals surface area contributed by atoms with Gasteiger partial charge in [-0.15, -0.1) is 11.3 Å². The molecule has 6 nitrogen and oxygen atoms in total. The number of amides is 1. The maximum Gasteiger partial charge on any atom is 0.291 e. The predicted molar refractivity (Wildman–Crippen MR) is 102 cm³/mol. The molecule has 0 bridgehead atoms. The lowest BCUT2D eigenvalue weighted by Crippen LogP contribution is -2.17. The van der Waals surface area contributed by atoms with Gasteiger partial charge in [0.25, 0.3) is 5.91 Å².